The van der Waals surface area contributed by atoms with Gasteiger partial charge in [-0.3, -0.25) is 4.99 Å². The number of benzene rings is 1. The van der Waals surface area contributed by atoms with Crippen molar-refractivity contribution in [2.45, 2.75) is 106 Å². The first-order valence-corrected chi connectivity index (χ1v) is 9.97. The number of hydrogen-bond donors (Lipinski definition) is 1. The molecule has 26 heavy (non-hydrogen) atoms. The van der Waals surface area contributed by atoms with E-state index in [-0.39, 0.29) is 5.41 Å². The van der Waals surface area contributed by atoms with Crippen molar-refractivity contribution in [2.75, 3.05) is 0 Å². The molecule has 0 saturated carbocycles. The third kappa shape index (κ3) is 7.05. The number of nitrogens with zero attached hydrogens (tertiary/aromatic N) is 1. The molecule has 1 aromatic carbocycles. The molecule has 0 fully saturated rings. The molecule has 0 amide bonds. The quantitative estimate of drug-likeness (QED) is 0.523. The van der Waals surface area contributed by atoms with Crippen LogP contribution in [-0.2, 0) is 5.41 Å². The van der Waals surface area contributed by atoms with Gasteiger partial charge in [-0.25, -0.2) is 0 Å². The highest BCUT2D eigenvalue weighted by molar-refractivity contribution is 5.65. The fraction of sp³-hybridized carbons (Fsp3) is 0.667. The molecule has 1 rings (SSSR count). The van der Waals surface area contributed by atoms with E-state index in [0.29, 0.717) is 17.8 Å². The van der Waals surface area contributed by atoms with Crippen LogP contribution in [0.5, 0.6) is 0 Å². The summed E-state index contributed by atoms with van der Waals surface area (Å²) in [6.07, 6.45) is 1.25. The van der Waals surface area contributed by atoms with Gasteiger partial charge >= 0.3 is 0 Å². The molecular weight excluding hydrogens is 316 g/mol. The highest BCUT2D eigenvalue weighted by Crippen LogP contribution is 2.45. The molecule has 2 heteroatoms. The summed E-state index contributed by atoms with van der Waals surface area (Å²) >= 11 is 0. The second-order valence-electron chi connectivity index (χ2n) is 8.77. The van der Waals surface area contributed by atoms with Gasteiger partial charge in [0, 0.05) is 0 Å². The van der Waals surface area contributed by atoms with E-state index < -0.39 is 0 Å². The van der Waals surface area contributed by atoms with E-state index in [4.69, 9.17) is 5.41 Å². The second kappa shape index (κ2) is 12.0. The lowest BCUT2D eigenvalue weighted by Gasteiger charge is -2.32. The predicted molar refractivity (Wildman–Crippen MR) is 122 cm³/mol. The fourth-order valence-electron chi connectivity index (χ4n) is 3.21. The highest BCUT2D eigenvalue weighted by Gasteiger charge is 2.28. The average Bonchev–Trinajstić information content (AvgIpc) is 2.54. The average molecular weight is 361 g/mol. The van der Waals surface area contributed by atoms with E-state index >= 15 is 0 Å². The van der Waals surface area contributed by atoms with Crippen LogP contribution >= 0.6 is 0 Å². The molecule has 1 aromatic rings. The third-order valence-electron chi connectivity index (χ3n) is 4.13. The number of hydrogen-bond acceptors (Lipinski definition) is 2. The fourth-order valence-corrected chi connectivity index (χ4v) is 3.21. The molecule has 0 unspecified atom stereocenters. The van der Waals surface area contributed by atoms with Crippen molar-refractivity contribution in [2.24, 2.45) is 4.99 Å². The van der Waals surface area contributed by atoms with Crippen LogP contribution in [0.2, 0.25) is 0 Å². The van der Waals surface area contributed by atoms with E-state index in [1.807, 2.05) is 0 Å². The maximum atomic E-state index is 5.50. The van der Waals surface area contributed by atoms with E-state index in [0.717, 1.165) is 5.69 Å². The van der Waals surface area contributed by atoms with Gasteiger partial charge in [0.25, 0.3) is 0 Å². The SMILES string of the molecule is C=N.C=Nc1c(C(C)C)cc(C(C)C)c(C(C)(C)C)c1C(C)C.CCC. The van der Waals surface area contributed by atoms with Crippen LogP contribution in [-0.4, -0.2) is 13.4 Å². The molecule has 0 aliphatic carbocycles. The number of nitrogens with one attached hydrogen (secondary N) is 1. The van der Waals surface area contributed by atoms with E-state index in [1.165, 1.54) is 28.7 Å². The summed E-state index contributed by atoms with van der Waals surface area (Å²) < 4.78 is 0. The number of aliphatic imine (C=N–C) groups is 1. The first kappa shape index (κ1) is 26.8. The molecule has 0 atom stereocenters. The lowest BCUT2D eigenvalue weighted by atomic mass is 9.73. The topological polar surface area (TPSA) is 36.2 Å². The standard InChI is InChI=1S/C20H33N.C3H8.CH3N/c1-12(2)15-11-16(13(3)4)19(21-10)17(14(5)6)18(15)20(7,8)9;1-3-2;1-2/h11-14H,10H2,1-9H3;3H2,1-2H3;2H,1H2. The Morgan fingerprint density at radius 2 is 1.27 bits per heavy atom. The summed E-state index contributed by atoms with van der Waals surface area (Å²) in [6.45, 7) is 31.2. The predicted octanol–water partition coefficient (Wildman–Crippen LogP) is 8.37. The van der Waals surface area contributed by atoms with Crippen LogP contribution in [0.25, 0.3) is 0 Å². The summed E-state index contributed by atoms with van der Waals surface area (Å²) in [5.74, 6) is 1.44. The van der Waals surface area contributed by atoms with Crippen LogP contribution in [0, 0.1) is 5.41 Å². The minimum Gasteiger partial charge on any atom is -0.317 e. The Hall–Kier alpha value is -1.44. The Morgan fingerprint density at radius 3 is 1.50 bits per heavy atom. The maximum absolute atomic E-state index is 5.50. The van der Waals surface area contributed by atoms with Crippen molar-refractivity contribution in [3.8, 4) is 0 Å². The van der Waals surface area contributed by atoms with E-state index in [1.54, 1.807) is 0 Å². The van der Waals surface area contributed by atoms with Crippen LogP contribution in [0.15, 0.2) is 11.1 Å². The van der Waals surface area contributed by atoms with Gasteiger partial charge in [-0.1, -0.05) is 88.6 Å². The molecule has 0 aliphatic heterocycles. The molecule has 0 aromatic heterocycles. The molecule has 0 bridgehead atoms. The smallest absolute Gasteiger partial charge is 0.0694 e. The lowest BCUT2D eigenvalue weighted by Crippen LogP contribution is -2.20. The minimum absolute atomic E-state index is 0.119. The van der Waals surface area contributed by atoms with Crippen LogP contribution in [0.4, 0.5) is 5.69 Å². The summed E-state index contributed by atoms with van der Waals surface area (Å²) in [7, 11) is 0. The van der Waals surface area contributed by atoms with Gasteiger partial charge in [0.05, 0.1) is 5.69 Å². The Labute approximate surface area is 164 Å². The van der Waals surface area contributed by atoms with E-state index in [9.17, 15) is 0 Å². The van der Waals surface area contributed by atoms with Gasteiger partial charge in [0.1, 0.15) is 0 Å². The zero-order chi connectivity index (χ0) is 21.2. The van der Waals surface area contributed by atoms with Gasteiger partial charge in [0.2, 0.25) is 0 Å². The lowest BCUT2D eigenvalue weighted by molar-refractivity contribution is 0.563. The van der Waals surface area contributed by atoms with Crippen LogP contribution in [0.1, 0.15) is 123 Å². The summed E-state index contributed by atoms with van der Waals surface area (Å²) in [4.78, 5) is 4.44. The van der Waals surface area contributed by atoms with Crippen molar-refractivity contribution in [3.05, 3.63) is 28.3 Å². The molecule has 1 N–H and O–H groups in total. The molecule has 150 valence electrons. The molecule has 0 aliphatic rings. The zero-order valence-electron chi connectivity index (χ0n) is 19.4. The Balaban J connectivity index is 0. The molecule has 0 spiro atoms. The first-order chi connectivity index (χ1) is 11.9. The molecule has 0 heterocycles. The molecule has 0 radical (unpaired) electrons. The molecule has 0 saturated heterocycles. The number of rotatable bonds is 4. The van der Waals surface area contributed by atoms with Crippen molar-refractivity contribution in [1.29, 1.82) is 5.41 Å². The van der Waals surface area contributed by atoms with Gasteiger partial charge in [-0.2, -0.15) is 0 Å². The normalized spacial score (nSPS) is 11.0. The van der Waals surface area contributed by atoms with Gasteiger partial charge < -0.3 is 5.41 Å². The largest absolute Gasteiger partial charge is 0.317 e. The van der Waals surface area contributed by atoms with Gasteiger partial charge in [-0.15, -0.1) is 0 Å². The summed E-state index contributed by atoms with van der Waals surface area (Å²) in [5.41, 5.74) is 6.92. The third-order valence-corrected chi connectivity index (χ3v) is 4.13. The minimum atomic E-state index is 0.119. The van der Waals surface area contributed by atoms with Crippen molar-refractivity contribution in [3.63, 3.8) is 0 Å². The second-order valence-corrected chi connectivity index (χ2v) is 8.77. The van der Waals surface area contributed by atoms with Gasteiger partial charge in [0.15, 0.2) is 0 Å². The van der Waals surface area contributed by atoms with E-state index in [2.05, 4.69) is 101 Å². The van der Waals surface area contributed by atoms with Gasteiger partial charge in [-0.05, 0) is 58.9 Å². The maximum Gasteiger partial charge on any atom is 0.0694 e. The Kier molecular flexibility index (Phi) is 12.4. The summed E-state index contributed by atoms with van der Waals surface area (Å²) in [6, 6.07) is 2.38. The molecular formula is C24H44N2. The summed E-state index contributed by atoms with van der Waals surface area (Å²) in [5, 5.41) is 5.50. The highest BCUT2D eigenvalue weighted by atomic mass is 14.7. The van der Waals surface area contributed by atoms with Crippen LogP contribution in [0.3, 0.4) is 0 Å². The van der Waals surface area contributed by atoms with Crippen molar-refractivity contribution >= 4 is 19.1 Å². The monoisotopic (exact) mass is 360 g/mol. The van der Waals surface area contributed by atoms with Crippen molar-refractivity contribution < 1.29 is 0 Å². The first-order valence-electron chi connectivity index (χ1n) is 9.97. The molecule has 2 nitrogen and oxygen atoms in total. The van der Waals surface area contributed by atoms with Crippen LogP contribution < -0.4 is 0 Å². The van der Waals surface area contributed by atoms with Crippen molar-refractivity contribution in [1.82, 2.24) is 0 Å². The Morgan fingerprint density at radius 1 is 0.885 bits per heavy atom. The zero-order valence-corrected chi connectivity index (χ0v) is 19.4. The Bertz CT molecular complexity index is 546.